The molecule has 1 saturated heterocycles. The van der Waals surface area contributed by atoms with E-state index in [-0.39, 0.29) is 0 Å². The molecule has 0 aromatic heterocycles. The van der Waals surface area contributed by atoms with Crippen LogP contribution in [0.4, 0.5) is 0 Å². The minimum Gasteiger partial charge on any atom is -0.500 e. The predicted molar refractivity (Wildman–Crippen MR) is 76.4 cm³/mol. The summed E-state index contributed by atoms with van der Waals surface area (Å²) in [4.78, 5) is 0. The van der Waals surface area contributed by atoms with E-state index in [1.807, 2.05) is 13.2 Å². The molecular weight excluding hydrogens is 268 g/mol. The van der Waals surface area contributed by atoms with E-state index in [1.54, 1.807) is 0 Å². The molecule has 0 aromatic carbocycles. The van der Waals surface area contributed by atoms with Gasteiger partial charge in [-0.05, 0) is 38.2 Å². The maximum Gasteiger partial charge on any atom is 0.105 e. The Morgan fingerprint density at radius 2 is 1.94 bits per heavy atom. The Balaban J connectivity index is 1.87. The molecule has 3 unspecified atom stereocenters. The van der Waals surface area contributed by atoms with Gasteiger partial charge in [-0.15, -0.1) is 0 Å². The van der Waals surface area contributed by atoms with Crippen molar-refractivity contribution in [3.05, 3.63) is 11.8 Å². The zero-order valence-corrected chi connectivity index (χ0v) is 12.6. The minimum atomic E-state index is -0.918. The summed E-state index contributed by atoms with van der Waals surface area (Å²) in [7, 11) is -1.75. The van der Waals surface area contributed by atoms with Gasteiger partial charge in [-0.25, -0.2) is 0 Å². The van der Waals surface area contributed by atoms with Crippen LogP contribution in [0, 0.1) is 0 Å². The molecule has 3 nitrogen and oxygen atoms in total. The molecule has 3 atom stereocenters. The van der Waals surface area contributed by atoms with Crippen molar-refractivity contribution in [1.29, 1.82) is 0 Å². The van der Waals surface area contributed by atoms with Gasteiger partial charge in [-0.3, -0.25) is 8.42 Å². The smallest absolute Gasteiger partial charge is 0.105 e. The van der Waals surface area contributed by atoms with Crippen LogP contribution in [-0.4, -0.2) is 37.0 Å². The first-order valence-electron chi connectivity index (χ1n) is 6.63. The van der Waals surface area contributed by atoms with Crippen molar-refractivity contribution < 1.29 is 13.2 Å². The molecule has 1 saturated carbocycles. The van der Waals surface area contributed by atoms with Gasteiger partial charge < -0.3 is 4.74 Å². The second-order valence-electron chi connectivity index (χ2n) is 5.44. The molecule has 2 aliphatic rings. The van der Waals surface area contributed by atoms with E-state index in [4.69, 9.17) is 4.74 Å². The summed E-state index contributed by atoms with van der Waals surface area (Å²) in [6, 6.07) is 0. The highest BCUT2D eigenvalue weighted by molar-refractivity contribution is 7.93. The van der Waals surface area contributed by atoms with Crippen molar-refractivity contribution in [2.45, 2.75) is 43.8 Å². The molecule has 1 aliphatic carbocycles. The van der Waals surface area contributed by atoms with Crippen LogP contribution >= 0.6 is 0 Å². The first-order valence-corrected chi connectivity index (χ1v) is 9.44. The first-order chi connectivity index (χ1) is 8.60. The lowest BCUT2D eigenvalue weighted by Gasteiger charge is -2.31. The van der Waals surface area contributed by atoms with Crippen LogP contribution < -0.4 is 0 Å². The van der Waals surface area contributed by atoms with Crippen LogP contribution in [0.15, 0.2) is 11.8 Å². The van der Waals surface area contributed by atoms with Crippen molar-refractivity contribution in [3.63, 3.8) is 0 Å². The Morgan fingerprint density at radius 3 is 2.67 bits per heavy atom. The SMILES string of the molecule is CC1(COC=C2CCCCC2)CS(=O)CCS1=O. The average Bonchev–Trinajstić information content (AvgIpc) is 2.36. The van der Waals surface area contributed by atoms with Crippen molar-refractivity contribution in [1.82, 2.24) is 0 Å². The summed E-state index contributed by atoms with van der Waals surface area (Å²) in [6.45, 7) is 2.36. The van der Waals surface area contributed by atoms with Crippen LogP contribution in [0.3, 0.4) is 0 Å². The van der Waals surface area contributed by atoms with Gasteiger partial charge in [0.1, 0.15) is 6.61 Å². The van der Waals surface area contributed by atoms with Crippen LogP contribution in [0.5, 0.6) is 0 Å². The fraction of sp³-hybridized carbons (Fsp3) is 0.846. The fourth-order valence-corrected chi connectivity index (χ4v) is 6.33. The lowest BCUT2D eigenvalue weighted by Crippen LogP contribution is -2.47. The monoisotopic (exact) mass is 290 g/mol. The average molecular weight is 290 g/mol. The lowest BCUT2D eigenvalue weighted by molar-refractivity contribution is 0.219. The van der Waals surface area contributed by atoms with E-state index in [1.165, 1.54) is 24.8 Å². The van der Waals surface area contributed by atoms with Gasteiger partial charge in [0.15, 0.2) is 0 Å². The molecule has 18 heavy (non-hydrogen) atoms. The molecule has 0 N–H and O–H groups in total. The van der Waals surface area contributed by atoms with Crippen LogP contribution in [0.1, 0.15) is 39.0 Å². The Labute approximate surface area is 114 Å². The highest BCUT2D eigenvalue weighted by Crippen LogP contribution is 2.24. The Kier molecular flexibility index (Phi) is 5.01. The third-order valence-electron chi connectivity index (χ3n) is 3.65. The van der Waals surface area contributed by atoms with E-state index in [0.717, 1.165) is 12.8 Å². The summed E-state index contributed by atoms with van der Waals surface area (Å²) in [5, 5.41) is 0. The van der Waals surface area contributed by atoms with Crippen molar-refractivity contribution in [2.75, 3.05) is 23.9 Å². The van der Waals surface area contributed by atoms with E-state index in [9.17, 15) is 8.42 Å². The summed E-state index contributed by atoms with van der Waals surface area (Å²) in [6.07, 6.45) is 7.94. The zero-order chi connectivity index (χ0) is 13.0. The van der Waals surface area contributed by atoms with E-state index in [0.29, 0.717) is 23.9 Å². The van der Waals surface area contributed by atoms with Crippen LogP contribution in [-0.2, 0) is 26.3 Å². The fourth-order valence-electron chi connectivity index (χ4n) is 2.46. The van der Waals surface area contributed by atoms with Crippen LogP contribution in [0.25, 0.3) is 0 Å². The first kappa shape index (κ1) is 14.3. The zero-order valence-electron chi connectivity index (χ0n) is 11.0. The normalized spacial score (nSPS) is 37.3. The van der Waals surface area contributed by atoms with Gasteiger partial charge >= 0.3 is 0 Å². The van der Waals surface area contributed by atoms with Crippen molar-refractivity contribution in [2.24, 2.45) is 0 Å². The standard InChI is InChI=1S/C13H22O3S2/c1-13(11-17(14)7-8-18(13)15)10-16-9-12-5-3-2-4-6-12/h9H,2-8,10-11H2,1H3. The molecule has 5 heteroatoms. The molecule has 1 aliphatic heterocycles. The lowest BCUT2D eigenvalue weighted by atomic mass is 9.96. The van der Waals surface area contributed by atoms with E-state index < -0.39 is 26.3 Å². The van der Waals surface area contributed by atoms with Gasteiger partial charge in [-0.1, -0.05) is 6.42 Å². The maximum atomic E-state index is 12.0. The van der Waals surface area contributed by atoms with Crippen molar-refractivity contribution >= 4 is 21.6 Å². The summed E-state index contributed by atoms with van der Waals surface area (Å²) < 4.78 is 28.8. The Morgan fingerprint density at radius 1 is 1.22 bits per heavy atom. The molecule has 0 spiro atoms. The van der Waals surface area contributed by atoms with Gasteiger partial charge in [-0.2, -0.15) is 0 Å². The highest BCUT2D eigenvalue weighted by atomic mass is 32.2. The molecule has 2 rings (SSSR count). The molecule has 0 aromatic rings. The van der Waals surface area contributed by atoms with Gasteiger partial charge in [0, 0.05) is 38.9 Å². The topological polar surface area (TPSA) is 43.4 Å². The minimum absolute atomic E-state index is 0.425. The third kappa shape index (κ3) is 3.67. The predicted octanol–water partition coefficient (Wildman–Crippen LogP) is 2.12. The number of ether oxygens (including phenoxy) is 1. The van der Waals surface area contributed by atoms with Gasteiger partial charge in [0.25, 0.3) is 0 Å². The summed E-state index contributed by atoms with van der Waals surface area (Å²) in [5.41, 5.74) is 1.37. The van der Waals surface area contributed by atoms with Crippen molar-refractivity contribution in [3.8, 4) is 0 Å². The third-order valence-corrected chi connectivity index (χ3v) is 7.64. The second kappa shape index (κ2) is 6.33. The number of hydrogen-bond donors (Lipinski definition) is 0. The number of hydrogen-bond acceptors (Lipinski definition) is 3. The molecular formula is C13H22O3S2. The Hall–Kier alpha value is -0.160. The molecule has 0 amide bonds. The summed E-state index contributed by atoms with van der Waals surface area (Å²) >= 11 is 0. The van der Waals surface area contributed by atoms with Gasteiger partial charge in [0.05, 0.1) is 11.0 Å². The van der Waals surface area contributed by atoms with Gasteiger partial charge in [0.2, 0.25) is 0 Å². The Bertz CT molecular complexity index is 370. The number of rotatable bonds is 3. The molecule has 104 valence electrons. The van der Waals surface area contributed by atoms with E-state index >= 15 is 0 Å². The largest absolute Gasteiger partial charge is 0.500 e. The number of allylic oxidation sites excluding steroid dienone is 1. The second-order valence-corrected chi connectivity index (χ2v) is 9.10. The molecule has 0 bridgehead atoms. The quantitative estimate of drug-likeness (QED) is 0.748. The highest BCUT2D eigenvalue weighted by Gasteiger charge is 2.38. The summed E-state index contributed by atoms with van der Waals surface area (Å²) in [5.74, 6) is 1.62. The molecule has 0 radical (unpaired) electrons. The van der Waals surface area contributed by atoms with Crippen LogP contribution in [0.2, 0.25) is 0 Å². The molecule has 2 fully saturated rings. The maximum absolute atomic E-state index is 12.0. The molecule has 1 heterocycles. The van der Waals surface area contributed by atoms with E-state index in [2.05, 4.69) is 0 Å².